The molecule has 4 heteroatoms. The second-order valence-corrected chi connectivity index (χ2v) is 5.42. The summed E-state index contributed by atoms with van der Waals surface area (Å²) in [6, 6.07) is 0.214. The van der Waals surface area contributed by atoms with Crippen LogP contribution in [0, 0.1) is 0 Å². The fourth-order valence-electron chi connectivity index (χ4n) is 2.94. The second-order valence-electron chi connectivity index (χ2n) is 5.42. The van der Waals surface area contributed by atoms with E-state index in [4.69, 9.17) is 10.5 Å². The van der Waals surface area contributed by atoms with Crippen LogP contribution in [0.15, 0.2) is 0 Å². The van der Waals surface area contributed by atoms with E-state index in [2.05, 4.69) is 0 Å². The summed E-state index contributed by atoms with van der Waals surface area (Å²) >= 11 is 0. The van der Waals surface area contributed by atoms with Crippen LogP contribution in [-0.2, 0) is 9.53 Å². The van der Waals surface area contributed by atoms with Crippen molar-refractivity contribution < 1.29 is 9.53 Å². The standard InChI is InChI=1S/C13H24N2O2/c1-13(7-5-9-17-13)12(16)15-8-4-2-3-6-11(15)10-14/h11H,2-10,14H2,1H3. The monoisotopic (exact) mass is 240 g/mol. The highest BCUT2D eigenvalue weighted by Gasteiger charge is 2.42. The van der Waals surface area contributed by atoms with Crippen LogP contribution >= 0.6 is 0 Å². The molecule has 4 nitrogen and oxygen atoms in total. The number of likely N-dealkylation sites (tertiary alicyclic amines) is 1. The predicted octanol–water partition coefficient (Wildman–Crippen LogP) is 1.29. The van der Waals surface area contributed by atoms with E-state index in [-0.39, 0.29) is 11.9 Å². The zero-order chi connectivity index (χ0) is 12.3. The Kier molecular flexibility index (Phi) is 4.05. The minimum absolute atomic E-state index is 0.160. The van der Waals surface area contributed by atoms with Crippen LogP contribution in [0.2, 0.25) is 0 Å². The molecule has 2 aliphatic heterocycles. The van der Waals surface area contributed by atoms with Crippen LogP contribution in [0.5, 0.6) is 0 Å². The van der Waals surface area contributed by atoms with Crippen LogP contribution in [0.1, 0.15) is 45.4 Å². The second kappa shape index (κ2) is 5.36. The maximum atomic E-state index is 12.6. The molecule has 2 heterocycles. The number of carbonyl (C=O) groups is 1. The van der Waals surface area contributed by atoms with E-state index < -0.39 is 5.60 Å². The smallest absolute Gasteiger partial charge is 0.254 e. The zero-order valence-electron chi connectivity index (χ0n) is 10.8. The lowest BCUT2D eigenvalue weighted by atomic mass is 9.99. The molecule has 2 N–H and O–H groups in total. The summed E-state index contributed by atoms with van der Waals surface area (Å²) in [6.45, 7) is 4.06. The number of amides is 1. The highest BCUT2D eigenvalue weighted by Crippen LogP contribution is 2.29. The molecule has 0 aromatic rings. The van der Waals surface area contributed by atoms with Gasteiger partial charge in [0.1, 0.15) is 5.60 Å². The molecule has 2 unspecified atom stereocenters. The molecule has 0 saturated carbocycles. The molecule has 2 fully saturated rings. The number of rotatable bonds is 2. The molecule has 1 amide bonds. The van der Waals surface area contributed by atoms with E-state index in [9.17, 15) is 4.79 Å². The Morgan fingerprint density at radius 1 is 1.41 bits per heavy atom. The Bertz CT molecular complexity index is 275. The third-order valence-corrected chi connectivity index (χ3v) is 4.08. The Labute approximate surface area is 103 Å². The van der Waals surface area contributed by atoms with Gasteiger partial charge in [0.2, 0.25) is 0 Å². The Morgan fingerprint density at radius 2 is 2.24 bits per heavy atom. The van der Waals surface area contributed by atoms with Crippen molar-refractivity contribution in [3.63, 3.8) is 0 Å². The number of carbonyl (C=O) groups excluding carboxylic acids is 1. The van der Waals surface area contributed by atoms with Gasteiger partial charge in [-0.3, -0.25) is 4.79 Å². The summed E-state index contributed by atoms with van der Waals surface area (Å²) in [6.07, 6.45) is 6.36. The van der Waals surface area contributed by atoms with Crippen molar-refractivity contribution >= 4 is 5.91 Å². The van der Waals surface area contributed by atoms with Crippen molar-refractivity contribution in [2.45, 2.75) is 57.1 Å². The van der Waals surface area contributed by atoms with E-state index in [1.165, 1.54) is 12.8 Å². The van der Waals surface area contributed by atoms with Gasteiger partial charge in [-0.15, -0.1) is 0 Å². The van der Waals surface area contributed by atoms with Gasteiger partial charge < -0.3 is 15.4 Å². The van der Waals surface area contributed by atoms with E-state index in [1.54, 1.807) is 0 Å². The Morgan fingerprint density at radius 3 is 2.88 bits per heavy atom. The summed E-state index contributed by atoms with van der Waals surface area (Å²) in [5, 5.41) is 0. The van der Waals surface area contributed by atoms with Gasteiger partial charge in [0.05, 0.1) is 0 Å². The summed E-state index contributed by atoms with van der Waals surface area (Å²) in [4.78, 5) is 14.6. The molecule has 2 aliphatic rings. The van der Waals surface area contributed by atoms with Crippen LogP contribution in [0.4, 0.5) is 0 Å². The number of ether oxygens (including phenoxy) is 1. The summed E-state index contributed by atoms with van der Waals surface area (Å²) in [5.74, 6) is 0.160. The minimum atomic E-state index is -0.586. The van der Waals surface area contributed by atoms with Crippen LogP contribution in [-0.4, -0.2) is 42.1 Å². The molecule has 2 rings (SSSR count). The first-order chi connectivity index (χ1) is 8.17. The molecular formula is C13H24N2O2. The maximum Gasteiger partial charge on any atom is 0.254 e. The lowest BCUT2D eigenvalue weighted by Crippen LogP contribution is -2.52. The zero-order valence-corrected chi connectivity index (χ0v) is 10.8. The van der Waals surface area contributed by atoms with Crippen LogP contribution < -0.4 is 5.73 Å². The van der Waals surface area contributed by atoms with Gasteiger partial charge >= 0.3 is 0 Å². The van der Waals surface area contributed by atoms with Gasteiger partial charge in [-0.2, -0.15) is 0 Å². The third-order valence-electron chi connectivity index (χ3n) is 4.08. The minimum Gasteiger partial charge on any atom is -0.365 e. The molecular weight excluding hydrogens is 216 g/mol. The number of hydrogen-bond acceptors (Lipinski definition) is 3. The predicted molar refractivity (Wildman–Crippen MR) is 66.6 cm³/mol. The largest absolute Gasteiger partial charge is 0.365 e. The highest BCUT2D eigenvalue weighted by molar-refractivity contribution is 5.85. The average Bonchev–Trinajstić information content (AvgIpc) is 2.65. The van der Waals surface area contributed by atoms with Gasteiger partial charge in [0, 0.05) is 25.7 Å². The highest BCUT2D eigenvalue weighted by atomic mass is 16.5. The molecule has 0 aliphatic carbocycles. The third kappa shape index (κ3) is 2.63. The van der Waals surface area contributed by atoms with Gasteiger partial charge in [-0.1, -0.05) is 12.8 Å². The number of hydrogen-bond donors (Lipinski definition) is 1. The van der Waals surface area contributed by atoms with Crippen molar-refractivity contribution in [2.75, 3.05) is 19.7 Å². The van der Waals surface area contributed by atoms with Gasteiger partial charge in [0.15, 0.2) is 0 Å². The molecule has 0 aromatic carbocycles. The first-order valence-corrected chi connectivity index (χ1v) is 6.82. The summed E-state index contributed by atoms with van der Waals surface area (Å²) < 4.78 is 5.66. The molecule has 0 spiro atoms. The van der Waals surface area contributed by atoms with E-state index in [1.807, 2.05) is 11.8 Å². The molecule has 0 aromatic heterocycles. The maximum absolute atomic E-state index is 12.6. The fraction of sp³-hybridized carbons (Fsp3) is 0.923. The van der Waals surface area contributed by atoms with E-state index in [0.717, 1.165) is 32.2 Å². The van der Waals surface area contributed by atoms with Gasteiger partial charge in [-0.25, -0.2) is 0 Å². The van der Waals surface area contributed by atoms with Crippen molar-refractivity contribution in [2.24, 2.45) is 5.73 Å². The number of nitrogens with zero attached hydrogens (tertiary/aromatic N) is 1. The van der Waals surface area contributed by atoms with Crippen molar-refractivity contribution in [3.8, 4) is 0 Å². The van der Waals surface area contributed by atoms with Crippen LogP contribution in [0.3, 0.4) is 0 Å². The van der Waals surface area contributed by atoms with Crippen LogP contribution in [0.25, 0.3) is 0 Å². The Hall–Kier alpha value is -0.610. The quantitative estimate of drug-likeness (QED) is 0.791. The molecule has 2 saturated heterocycles. The molecule has 17 heavy (non-hydrogen) atoms. The lowest BCUT2D eigenvalue weighted by Gasteiger charge is -2.35. The Balaban J connectivity index is 2.09. The molecule has 98 valence electrons. The van der Waals surface area contributed by atoms with Crippen molar-refractivity contribution in [1.29, 1.82) is 0 Å². The summed E-state index contributed by atoms with van der Waals surface area (Å²) in [7, 11) is 0. The molecule has 0 bridgehead atoms. The molecule has 0 radical (unpaired) electrons. The van der Waals surface area contributed by atoms with E-state index >= 15 is 0 Å². The van der Waals surface area contributed by atoms with Crippen molar-refractivity contribution in [1.82, 2.24) is 4.90 Å². The summed E-state index contributed by atoms with van der Waals surface area (Å²) in [5.41, 5.74) is 5.22. The van der Waals surface area contributed by atoms with Crippen molar-refractivity contribution in [3.05, 3.63) is 0 Å². The normalized spacial score (nSPS) is 34.7. The fourth-order valence-corrected chi connectivity index (χ4v) is 2.94. The lowest BCUT2D eigenvalue weighted by molar-refractivity contribution is -0.153. The average molecular weight is 240 g/mol. The van der Waals surface area contributed by atoms with Gasteiger partial charge in [0.25, 0.3) is 5.91 Å². The molecule has 2 atom stereocenters. The SMILES string of the molecule is CC1(C(=O)N2CCCCCC2CN)CCCO1. The topological polar surface area (TPSA) is 55.6 Å². The first-order valence-electron chi connectivity index (χ1n) is 6.82. The van der Waals surface area contributed by atoms with E-state index in [0.29, 0.717) is 13.2 Å². The first kappa shape index (κ1) is 12.8. The number of nitrogens with two attached hydrogens (primary N) is 1. The van der Waals surface area contributed by atoms with Gasteiger partial charge in [-0.05, 0) is 32.6 Å².